The van der Waals surface area contributed by atoms with Crippen molar-refractivity contribution in [2.24, 2.45) is 5.92 Å². The first-order chi connectivity index (χ1) is 26.6. The molecule has 2 aromatic rings. The maximum absolute atomic E-state index is 16.9. The number of allylic oxidation sites excluding steroid dienone is 1. The van der Waals surface area contributed by atoms with E-state index in [0.717, 1.165) is 18.4 Å². The number of aromatic nitrogens is 1. The second-order valence-corrected chi connectivity index (χ2v) is 20.1. The monoisotopic (exact) mass is 811 g/mol. The summed E-state index contributed by atoms with van der Waals surface area (Å²) in [7, 11) is -4.08. The molecule has 13 nitrogen and oxygen atoms in total. The minimum absolute atomic E-state index is 0.144. The molecule has 0 bridgehead atoms. The van der Waals surface area contributed by atoms with Crippen LogP contribution in [0.5, 0.6) is 5.75 Å². The number of rotatable bonds is 5. The Kier molecular flexibility index (Phi) is 11.5. The molecule has 1 aromatic carbocycles. The van der Waals surface area contributed by atoms with Gasteiger partial charge >= 0.3 is 6.09 Å². The molecule has 1 aromatic heterocycles. The first-order valence-electron chi connectivity index (χ1n) is 20.2. The molecule has 57 heavy (non-hydrogen) atoms. The number of aryl methyl sites for hydroxylation is 2. The summed E-state index contributed by atoms with van der Waals surface area (Å²) in [5, 5.41) is 6.22. The normalized spacial score (nSPS) is 29.9. The summed E-state index contributed by atoms with van der Waals surface area (Å²) < 4.78 is 56.9. The highest BCUT2D eigenvalue weighted by Crippen LogP contribution is 2.50. The van der Waals surface area contributed by atoms with E-state index in [9.17, 15) is 27.6 Å². The van der Waals surface area contributed by atoms with Crippen LogP contribution in [0.3, 0.4) is 0 Å². The molecule has 1 aliphatic carbocycles. The van der Waals surface area contributed by atoms with Crippen LogP contribution < -0.4 is 20.1 Å². The Morgan fingerprint density at radius 3 is 2.51 bits per heavy atom. The van der Waals surface area contributed by atoms with Gasteiger partial charge in [-0.25, -0.2) is 22.6 Å². The highest BCUT2D eigenvalue weighted by Gasteiger charge is 2.57. The molecule has 3 N–H and O–H groups in total. The van der Waals surface area contributed by atoms with E-state index < -0.39 is 79.5 Å². The van der Waals surface area contributed by atoms with Crippen LogP contribution >= 0.6 is 0 Å². The number of halogens is 1. The fourth-order valence-corrected chi connectivity index (χ4v) is 9.47. The number of nitrogens with one attached hydrogen (secondary N) is 3. The van der Waals surface area contributed by atoms with Crippen molar-refractivity contribution in [1.82, 2.24) is 25.2 Å². The summed E-state index contributed by atoms with van der Waals surface area (Å²) in [6.07, 6.45) is 5.46. The molecule has 1 spiro atoms. The predicted octanol–water partition coefficient (Wildman–Crippen LogP) is 6.16. The van der Waals surface area contributed by atoms with Crippen LogP contribution in [0.15, 0.2) is 30.4 Å². The number of carbonyl (C=O) groups is 4. The SMILES string of the molecule is CCc1ccc2nc(C)c3c(c2c1)C(F)C[C@]1(C[C@H]2C(=O)N[C@@](C)(C(=O)NS(=O)(=O)C4(C)CC4)[C@@H](C)/C=C\CCCCC[C@H](NC(=O)OC(C)(C)C)C(=O)N2C1)O3. The van der Waals surface area contributed by atoms with Crippen molar-refractivity contribution in [1.29, 1.82) is 0 Å². The van der Waals surface area contributed by atoms with Crippen LogP contribution in [0.25, 0.3) is 10.9 Å². The van der Waals surface area contributed by atoms with Gasteiger partial charge in [0.1, 0.15) is 40.7 Å². The van der Waals surface area contributed by atoms with E-state index >= 15 is 4.39 Å². The van der Waals surface area contributed by atoms with Crippen molar-refractivity contribution in [2.75, 3.05) is 6.54 Å². The number of nitrogens with zero attached hydrogens (tertiary/aromatic N) is 2. The van der Waals surface area contributed by atoms with Gasteiger partial charge in [0.05, 0.1) is 22.5 Å². The quantitative estimate of drug-likeness (QED) is 0.299. The van der Waals surface area contributed by atoms with Gasteiger partial charge in [-0.15, -0.1) is 0 Å². The van der Waals surface area contributed by atoms with Gasteiger partial charge in [0.25, 0.3) is 5.91 Å². The zero-order chi connectivity index (χ0) is 41.7. The lowest BCUT2D eigenvalue weighted by atomic mass is 9.84. The van der Waals surface area contributed by atoms with E-state index in [1.54, 1.807) is 47.6 Å². The van der Waals surface area contributed by atoms with E-state index in [2.05, 4.69) is 15.4 Å². The van der Waals surface area contributed by atoms with Crippen molar-refractivity contribution in [3.05, 3.63) is 47.2 Å². The van der Waals surface area contributed by atoms with E-state index in [-0.39, 0.29) is 31.6 Å². The molecule has 1 saturated carbocycles. The standard InChI is InChI=1S/C42H58FN5O8S/c1-9-27-17-18-30-28(21-27)33-29(43)22-42(55-34(33)26(3)44-30)23-32-35(49)46-41(8,37(51)47-57(53,54)40(7)19-20-40)25(2)15-13-11-10-12-14-16-31(36(50)48(32)24-42)45-38(52)56-39(4,5)6/h13,15,17-18,21,25,29,31-32H,9-12,14,16,19-20,22-24H2,1-8H3,(H,45,52)(H,46,49)(H,47,51)/b15-13-/t25-,29?,31-,32-,41+,42+/m0/s1. The van der Waals surface area contributed by atoms with Crippen molar-refractivity contribution < 1.29 is 41.5 Å². The van der Waals surface area contributed by atoms with Gasteiger partial charge in [0.15, 0.2) is 0 Å². The number of pyridine rings is 1. The van der Waals surface area contributed by atoms with Crippen LogP contribution in [-0.4, -0.2) is 82.2 Å². The largest absolute Gasteiger partial charge is 0.483 e. The number of hydrogen-bond acceptors (Lipinski definition) is 9. The molecule has 4 amide bonds. The summed E-state index contributed by atoms with van der Waals surface area (Å²) >= 11 is 0. The molecule has 4 heterocycles. The Bertz CT molecular complexity index is 2080. The van der Waals surface area contributed by atoms with Crippen LogP contribution in [0.4, 0.5) is 9.18 Å². The van der Waals surface area contributed by atoms with Gasteiger partial charge < -0.3 is 25.0 Å². The first-order valence-corrected chi connectivity index (χ1v) is 21.7. The molecule has 312 valence electrons. The average Bonchev–Trinajstić information content (AvgIpc) is 3.79. The molecule has 1 unspecified atom stereocenters. The summed E-state index contributed by atoms with van der Waals surface area (Å²) in [5.74, 6) is -2.66. The number of amides is 4. The maximum atomic E-state index is 16.9. The number of carbonyl (C=O) groups excluding carboxylic acids is 4. The zero-order valence-corrected chi connectivity index (χ0v) is 35.2. The Hall–Kier alpha value is -4.27. The van der Waals surface area contributed by atoms with Gasteiger partial charge in [-0.1, -0.05) is 44.9 Å². The number of sulfonamides is 1. The lowest BCUT2D eigenvalue weighted by Gasteiger charge is -2.38. The molecule has 2 fully saturated rings. The fraction of sp³-hybridized carbons (Fsp3) is 0.643. The Labute approximate surface area is 335 Å². The van der Waals surface area contributed by atoms with Crippen LogP contribution in [0.2, 0.25) is 0 Å². The molecule has 6 rings (SSSR count). The van der Waals surface area contributed by atoms with Crippen molar-refractivity contribution in [2.45, 2.75) is 159 Å². The maximum Gasteiger partial charge on any atom is 0.408 e. The molecule has 4 aliphatic rings. The Balaban J connectivity index is 1.41. The number of alkyl carbamates (subject to hydrolysis) is 1. The van der Waals surface area contributed by atoms with E-state index in [0.29, 0.717) is 54.3 Å². The van der Waals surface area contributed by atoms with Gasteiger partial charge in [-0.3, -0.25) is 19.1 Å². The van der Waals surface area contributed by atoms with Gasteiger partial charge in [-0.05, 0) is 97.8 Å². The van der Waals surface area contributed by atoms with E-state index in [1.807, 2.05) is 31.2 Å². The molecule has 0 radical (unpaired) electrons. The lowest BCUT2D eigenvalue weighted by molar-refractivity contribution is -0.142. The first kappa shape index (κ1) is 42.3. The zero-order valence-electron chi connectivity index (χ0n) is 34.4. The third-order valence-electron chi connectivity index (χ3n) is 12.2. The summed E-state index contributed by atoms with van der Waals surface area (Å²) in [5.41, 5.74) is -1.54. The minimum atomic E-state index is -4.08. The number of alkyl halides is 1. The molecule has 1 saturated heterocycles. The second-order valence-electron chi connectivity index (χ2n) is 17.9. The Morgan fingerprint density at radius 2 is 1.84 bits per heavy atom. The average molecular weight is 812 g/mol. The highest BCUT2D eigenvalue weighted by molar-refractivity contribution is 7.91. The third-order valence-corrected chi connectivity index (χ3v) is 14.3. The number of benzene rings is 1. The number of ether oxygens (including phenoxy) is 2. The van der Waals surface area contributed by atoms with E-state index in [1.165, 1.54) is 11.8 Å². The summed E-state index contributed by atoms with van der Waals surface area (Å²) in [6.45, 7) is 13.4. The molecule has 3 aliphatic heterocycles. The number of hydrogen-bond donors (Lipinski definition) is 3. The summed E-state index contributed by atoms with van der Waals surface area (Å²) in [6, 6.07) is 3.36. The lowest BCUT2D eigenvalue weighted by Crippen LogP contribution is -2.64. The minimum Gasteiger partial charge on any atom is -0.483 e. The predicted molar refractivity (Wildman–Crippen MR) is 214 cm³/mol. The summed E-state index contributed by atoms with van der Waals surface area (Å²) in [4.78, 5) is 62.8. The fourth-order valence-electron chi connectivity index (χ4n) is 8.13. The molecule has 15 heteroatoms. The Morgan fingerprint density at radius 1 is 1.12 bits per heavy atom. The van der Waals surface area contributed by atoms with Gasteiger partial charge in [-0.2, -0.15) is 0 Å². The number of fused-ring (bicyclic) bond motifs is 4. The third kappa shape index (κ3) is 8.63. The van der Waals surface area contributed by atoms with E-state index in [4.69, 9.17) is 14.5 Å². The van der Waals surface area contributed by atoms with Gasteiger partial charge in [0.2, 0.25) is 21.8 Å². The smallest absolute Gasteiger partial charge is 0.408 e. The van der Waals surface area contributed by atoms with Crippen LogP contribution in [-0.2, 0) is 35.6 Å². The molecule has 6 atom stereocenters. The molecular weight excluding hydrogens is 754 g/mol. The second kappa shape index (κ2) is 15.5. The van der Waals surface area contributed by atoms with Crippen molar-refractivity contribution >= 4 is 44.7 Å². The van der Waals surface area contributed by atoms with Gasteiger partial charge in [0, 0.05) is 29.7 Å². The molecular formula is C42H58FN5O8S. The highest BCUT2D eigenvalue weighted by atomic mass is 32.2. The van der Waals surface area contributed by atoms with Crippen molar-refractivity contribution in [3.8, 4) is 5.75 Å². The van der Waals surface area contributed by atoms with Crippen LogP contribution in [0.1, 0.15) is 129 Å². The van der Waals surface area contributed by atoms with Crippen LogP contribution in [0, 0.1) is 12.8 Å². The van der Waals surface area contributed by atoms with Crippen molar-refractivity contribution in [3.63, 3.8) is 0 Å². The topological polar surface area (TPSA) is 173 Å².